The minimum absolute atomic E-state index is 0.270. The predicted octanol–water partition coefficient (Wildman–Crippen LogP) is 4.76. The van der Waals surface area contributed by atoms with Gasteiger partial charge in [0, 0.05) is 11.8 Å². The molecule has 0 bridgehead atoms. The number of halogens is 5. The molecule has 1 N–H and O–H groups in total. The summed E-state index contributed by atoms with van der Waals surface area (Å²) in [5.74, 6) is -0.395. The van der Waals surface area contributed by atoms with Crippen molar-refractivity contribution in [2.45, 2.75) is 11.0 Å². The Kier molecular flexibility index (Phi) is 4.62. The molecule has 1 amide bonds. The summed E-state index contributed by atoms with van der Waals surface area (Å²) in [6, 6.07) is 9.66. The van der Waals surface area contributed by atoms with Crippen LogP contribution < -0.4 is 5.32 Å². The van der Waals surface area contributed by atoms with E-state index >= 15 is 0 Å². The van der Waals surface area contributed by atoms with Crippen LogP contribution in [0.4, 0.5) is 19.0 Å². The van der Waals surface area contributed by atoms with E-state index in [1.165, 1.54) is 12.1 Å². The third kappa shape index (κ3) is 3.57. The van der Waals surface area contributed by atoms with Crippen LogP contribution in [0.3, 0.4) is 0 Å². The van der Waals surface area contributed by atoms with Crippen molar-refractivity contribution >= 4 is 40.6 Å². The van der Waals surface area contributed by atoms with Crippen LogP contribution in [-0.2, 0) is 11.0 Å². The van der Waals surface area contributed by atoms with E-state index < -0.39 is 22.5 Å². The summed E-state index contributed by atoms with van der Waals surface area (Å²) >= 11 is 11.1. The molecule has 0 fully saturated rings. The van der Waals surface area contributed by atoms with Crippen LogP contribution in [0.5, 0.6) is 0 Å². The first-order valence-electron chi connectivity index (χ1n) is 7.01. The second-order valence-electron chi connectivity index (χ2n) is 5.10. The highest BCUT2D eigenvalue weighted by molar-refractivity contribution is 6.54. The maximum absolute atomic E-state index is 12.7. The van der Waals surface area contributed by atoms with Gasteiger partial charge < -0.3 is 5.32 Å². The number of amides is 1. The molecule has 1 aromatic carbocycles. The van der Waals surface area contributed by atoms with Gasteiger partial charge in [0.25, 0.3) is 5.91 Å². The minimum atomic E-state index is -4.43. The number of fused-ring (bicyclic) bond motifs is 1. The summed E-state index contributed by atoms with van der Waals surface area (Å²) in [4.78, 5) is 14.9. The van der Waals surface area contributed by atoms with E-state index in [2.05, 4.69) is 10.3 Å². The molecule has 0 aliphatic carbocycles. The van der Waals surface area contributed by atoms with Gasteiger partial charge in [0.05, 0.1) is 5.56 Å². The number of rotatable bonds is 3. The number of carbonyl (C=O) groups excluding carboxylic acids is 1. The maximum Gasteiger partial charge on any atom is 0.416 e. The standard InChI is InChI=1S/C16H10Cl2F3N3O/c17-13(18)15(25)23-14-12(22-11-3-1-2-8-24(11)14)9-4-6-10(7-5-9)16(19,20)21/h1-8,13H,(H,23,25). The van der Waals surface area contributed by atoms with E-state index in [1.807, 2.05) is 0 Å². The number of hydrogen-bond acceptors (Lipinski definition) is 2. The fourth-order valence-corrected chi connectivity index (χ4v) is 2.41. The third-order valence-corrected chi connectivity index (χ3v) is 3.85. The average Bonchev–Trinajstić information content (AvgIpc) is 2.93. The highest BCUT2D eigenvalue weighted by Crippen LogP contribution is 2.33. The third-order valence-electron chi connectivity index (χ3n) is 3.46. The van der Waals surface area contributed by atoms with Crippen LogP contribution in [0.1, 0.15) is 5.56 Å². The van der Waals surface area contributed by atoms with E-state index in [0.29, 0.717) is 16.9 Å². The molecule has 0 atom stereocenters. The lowest BCUT2D eigenvalue weighted by molar-refractivity contribution is -0.137. The Hall–Kier alpha value is -2.25. The number of nitrogens with zero attached hydrogens (tertiary/aromatic N) is 2. The second-order valence-corrected chi connectivity index (χ2v) is 6.20. The fourth-order valence-electron chi connectivity index (χ4n) is 2.30. The quantitative estimate of drug-likeness (QED) is 0.658. The number of anilines is 1. The Bertz CT molecular complexity index is 921. The van der Waals surface area contributed by atoms with E-state index in [9.17, 15) is 18.0 Å². The number of aromatic nitrogens is 2. The van der Waals surface area contributed by atoms with Gasteiger partial charge in [0.1, 0.15) is 17.2 Å². The van der Waals surface area contributed by atoms with Gasteiger partial charge in [0.2, 0.25) is 0 Å². The smallest absolute Gasteiger partial charge is 0.308 e. The van der Waals surface area contributed by atoms with Gasteiger partial charge >= 0.3 is 6.18 Å². The Balaban J connectivity index is 2.10. The first-order valence-corrected chi connectivity index (χ1v) is 7.88. The van der Waals surface area contributed by atoms with Crippen LogP contribution in [0, 0.1) is 0 Å². The molecule has 3 rings (SSSR count). The Morgan fingerprint density at radius 1 is 1.12 bits per heavy atom. The predicted molar refractivity (Wildman–Crippen MR) is 89.8 cm³/mol. The van der Waals surface area contributed by atoms with Gasteiger partial charge in [-0.25, -0.2) is 4.98 Å². The van der Waals surface area contributed by atoms with Crippen molar-refractivity contribution in [3.63, 3.8) is 0 Å². The van der Waals surface area contributed by atoms with Gasteiger partial charge in [-0.15, -0.1) is 0 Å². The summed E-state index contributed by atoms with van der Waals surface area (Å²) in [6.45, 7) is 0. The molecule has 0 saturated carbocycles. The van der Waals surface area contributed by atoms with Gasteiger partial charge in [-0.05, 0) is 24.3 Å². The highest BCUT2D eigenvalue weighted by Gasteiger charge is 2.30. The Morgan fingerprint density at radius 2 is 1.80 bits per heavy atom. The molecule has 0 unspecified atom stereocenters. The summed E-state index contributed by atoms with van der Waals surface area (Å²) in [5.41, 5.74) is 0.454. The molecule has 130 valence electrons. The van der Waals surface area contributed by atoms with Crippen molar-refractivity contribution in [3.8, 4) is 11.3 Å². The van der Waals surface area contributed by atoms with Crippen LogP contribution in [-0.4, -0.2) is 20.1 Å². The number of nitrogens with one attached hydrogen (secondary N) is 1. The Labute approximate surface area is 150 Å². The van der Waals surface area contributed by atoms with Crippen molar-refractivity contribution in [1.29, 1.82) is 0 Å². The average molecular weight is 388 g/mol. The lowest BCUT2D eigenvalue weighted by Crippen LogP contribution is -2.20. The number of pyridine rings is 1. The molecule has 0 saturated heterocycles. The first kappa shape index (κ1) is 17.6. The van der Waals surface area contributed by atoms with E-state index in [4.69, 9.17) is 23.2 Å². The molecular weight excluding hydrogens is 378 g/mol. The topological polar surface area (TPSA) is 46.4 Å². The van der Waals surface area contributed by atoms with E-state index in [-0.39, 0.29) is 5.82 Å². The minimum Gasteiger partial charge on any atom is -0.308 e. The zero-order chi connectivity index (χ0) is 18.2. The molecule has 3 aromatic rings. The monoisotopic (exact) mass is 387 g/mol. The van der Waals surface area contributed by atoms with E-state index in [1.54, 1.807) is 28.8 Å². The lowest BCUT2D eigenvalue weighted by Gasteiger charge is -2.09. The fraction of sp³-hybridized carbons (Fsp3) is 0.125. The van der Waals surface area contributed by atoms with Crippen LogP contribution in [0.25, 0.3) is 16.9 Å². The van der Waals surface area contributed by atoms with Crippen molar-refractivity contribution in [3.05, 3.63) is 54.2 Å². The number of imidazole rings is 1. The SMILES string of the molecule is O=C(Nc1c(-c2ccc(C(F)(F)F)cc2)nc2ccccn12)C(Cl)Cl. The van der Waals surface area contributed by atoms with Crippen molar-refractivity contribution < 1.29 is 18.0 Å². The number of carbonyl (C=O) groups is 1. The summed E-state index contributed by atoms with van der Waals surface area (Å²) in [6.07, 6.45) is -2.78. The number of hydrogen-bond donors (Lipinski definition) is 1. The first-order chi connectivity index (χ1) is 11.8. The summed E-state index contributed by atoms with van der Waals surface area (Å²) in [7, 11) is 0. The lowest BCUT2D eigenvalue weighted by atomic mass is 10.1. The molecule has 9 heteroatoms. The van der Waals surface area contributed by atoms with Crippen LogP contribution >= 0.6 is 23.2 Å². The van der Waals surface area contributed by atoms with Gasteiger partial charge in [-0.1, -0.05) is 41.4 Å². The highest BCUT2D eigenvalue weighted by atomic mass is 35.5. The molecule has 2 aromatic heterocycles. The second kappa shape index (κ2) is 6.57. The largest absolute Gasteiger partial charge is 0.416 e. The molecule has 0 spiro atoms. The number of alkyl halides is 5. The van der Waals surface area contributed by atoms with Gasteiger partial charge in [-0.2, -0.15) is 13.2 Å². The molecular formula is C16H10Cl2F3N3O. The van der Waals surface area contributed by atoms with Crippen molar-refractivity contribution in [2.75, 3.05) is 5.32 Å². The molecule has 0 aliphatic heterocycles. The van der Waals surface area contributed by atoms with E-state index in [0.717, 1.165) is 12.1 Å². The van der Waals surface area contributed by atoms with Gasteiger partial charge in [-0.3, -0.25) is 9.20 Å². The molecule has 2 heterocycles. The maximum atomic E-state index is 12.7. The van der Waals surface area contributed by atoms with Crippen LogP contribution in [0.2, 0.25) is 0 Å². The summed E-state index contributed by atoms with van der Waals surface area (Å²) < 4.78 is 39.8. The molecule has 0 aliphatic rings. The van der Waals surface area contributed by atoms with Crippen molar-refractivity contribution in [1.82, 2.24) is 9.38 Å². The molecule has 25 heavy (non-hydrogen) atoms. The Morgan fingerprint density at radius 3 is 2.40 bits per heavy atom. The number of benzene rings is 1. The zero-order valence-corrected chi connectivity index (χ0v) is 13.9. The normalized spacial score (nSPS) is 11.9. The van der Waals surface area contributed by atoms with Crippen molar-refractivity contribution in [2.24, 2.45) is 0 Å². The van der Waals surface area contributed by atoms with Crippen LogP contribution in [0.15, 0.2) is 48.7 Å². The summed E-state index contributed by atoms with van der Waals surface area (Å²) in [5, 5.41) is 2.55. The molecule has 4 nitrogen and oxygen atoms in total. The van der Waals surface area contributed by atoms with Gasteiger partial charge in [0.15, 0.2) is 4.84 Å². The molecule has 0 radical (unpaired) electrons. The zero-order valence-electron chi connectivity index (χ0n) is 12.4.